The molecule has 0 atom stereocenters. The largest absolute Gasteiger partial charge is 0.496 e. The SMILES string of the molecule is COc1ccc(/C=C/C(=O)c2ccc(OC)c(OC)c2)cc1COc1cc(C)c(Cl)cc1C(C)C. The van der Waals surface area contributed by atoms with Gasteiger partial charge in [-0.15, -0.1) is 0 Å². The van der Waals surface area contributed by atoms with Gasteiger partial charge in [-0.3, -0.25) is 4.79 Å². The zero-order chi connectivity index (χ0) is 25.5. The number of rotatable bonds is 10. The van der Waals surface area contributed by atoms with Crippen LogP contribution in [0.15, 0.2) is 54.6 Å². The van der Waals surface area contributed by atoms with Gasteiger partial charge in [-0.2, -0.15) is 0 Å². The van der Waals surface area contributed by atoms with Crippen molar-refractivity contribution in [2.24, 2.45) is 0 Å². The first-order chi connectivity index (χ1) is 16.8. The molecule has 0 aliphatic rings. The van der Waals surface area contributed by atoms with Crippen LogP contribution in [0.1, 0.15) is 52.4 Å². The Morgan fingerprint density at radius 1 is 0.886 bits per heavy atom. The minimum absolute atomic E-state index is 0.141. The molecule has 0 aromatic heterocycles. The number of halogens is 1. The zero-order valence-corrected chi connectivity index (χ0v) is 21.7. The topological polar surface area (TPSA) is 54.0 Å². The predicted octanol–water partition coefficient (Wildman–Crippen LogP) is 7.27. The Morgan fingerprint density at radius 3 is 2.23 bits per heavy atom. The molecule has 0 saturated heterocycles. The maximum absolute atomic E-state index is 12.7. The third-order valence-corrected chi connectivity index (χ3v) is 6.10. The molecule has 35 heavy (non-hydrogen) atoms. The molecule has 3 aromatic rings. The number of aryl methyl sites for hydroxylation is 1. The van der Waals surface area contributed by atoms with Gasteiger partial charge < -0.3 is 18.9 Å². The summed E-state index contributed by atoms with van der Waals surface area (Å²) >= 11 is 6.33. The summed E-state index contributed by atoms with van der Waals surface area (Å²) in [5, 5.41) is 0.727. The zero-order valence-electron chi connectivity index (χ0n) is 21.0. The Kier molecular flexibility index (Phi) is 8.83. The number of ketones is 1. The standard InChI is InChI=1S/C29H31ClO5/c1-18(2)23-16-24(30)19(3)13-28(23)35-17-22-14-20(8-11-26(22)32-4)7-10-25(31)21-9-12-27(33-5)29(15-21)34-6/h7-16,18H,17H2,1-6H3/b10-7+. The van der Waals surface area contributed by atoms with E-state index in [4.69, 9.17) is 30.5 Å². The second kappa shape index (κ2) is 11.8. The van der Waals surface area contributed by atoms with Gasteiger partial charge in [-0.1, -0.05) is 37.6 Å². The number of allylic oxidation sites excluding steroid dienone is 1. The van der Waals surface area contributed by atoms with Crippen LogP contribution in [0.4, 0.5) is 0 Å². The van der Waals surface area contributed by atoms with Crippen LogP contribution in [0.3, 0.4) is 0 Å². The van der Waals surface area contributed by atoms with E-state index in [-0.39, 0.29) is 11.7 Å². The lowest BCUT2D eigenvalue weighted by Crippen LogP contribution is -2.03. The van der Waals surface area contributed by atoms with Crippen molar-refractivity contribution in [3.63, 3.8) is 0 Å². The Morgan fingerprint density at radius 2 is 1.57 bits per heavy atom. The van der Waals surface area contributed by atoms with Crippen LogP contribution in [0.5, 0.6) is 23.0 Å². The summed E-state index contributed by atoms with van der Waals surface area (Å²) in [5.74, 6) is 2.72. The predicted molar refractivity (Wildman–Crippen MR) is 141 cm³/mol. The minimum atomic E-state index is -0.141. The van der Waals surface area contributed by atoms with Crippen molar-refractivity contribution in [3.05, 3.63) is 87.4 Å². The van der Waals surface area contributed by atoms with E-state index in [0.717, 1.165) is 33.0 Å². The van der Waals surface area contributed by atoms with Crippen molar-refractivity contribution in [3.8, 4) is 23.0 Å². The van der Waals surface area contributed by atoms with Crippen molar-refractivity contribution in [2.45, 2.75) is 33.3 Å². The number of ether oxygens (including phenoxy) is 4. The van der Waals surface area contributed by atoms with Crippen LogP contribution in [0.2, 0.25) is 5.02 Å². The highest BCUT2D eigenvalue weighted by atomic mass is 35.5. The number of hydrogen-bond donors (Lipinski definition) is 0. The van der Waals surface area contributed by atoms with Crippen molar-refractivity contribution in [1.82, 2.24) is 0 Å². The molecule has 0 amide bonds. The van der Waals surface area contributed by atoms with E-state index in [1.165, 1.54) is 6.08 Å². The first-order valence-electron chi connectivity index (χ1n) is 11.3. The van der Waals surface area contributed by atoms with E-state index >= 15 is 0 Å². The van der Waals surface area contributed by atoms with Gasteiger partial charge in [-0.25, -0.2) is 0 Å². The van der Waals surface area contributed by atoms with Gasteiger partial charge in [0.05, 0.1) is 21.3 Å². The highest BCUT2D eigenvalue weighted by Crippen LogP contribution is 2.33. The second-order valence-electron chi connectivity index (χ2n) is 8.42. The first-order valence-corrected chi connectivity index (χ1v) is 11.7. The number of benzene rings is 3. The van der Waals surface area contributed by atoms with Crippen LogP contribution < -0.4 is 18.9 Å². The Hall–Kier alpha value is -3.44. The molecule has 0 aliphatic heterocycles. The molecule has 0 radical (unpaired) electrons. The summed E-state index contributed by atoms with van der Waals surface area (Å²) in [5.41, 5.74) is 4.25. The Balaban J connectivity index is 1.81. The van der Waals surface area contributed by atoms with Crippen molar-refractivity contribution in [2.75, 3.05) is 21.3 Å². The maximum Gasteiger partial charge on any atom is 0.185 e. The quantitative estimate of drug-likeness (QED) is 0.219. The molecular weight excluding hydrogens is 464 g/mol. The third-order valence-electron chi connectivity index (χ3n) is 5.70. The van der Waals surface area contributed by atoms with E-state index in [9.17, 15) is 4.79 Å². The molecule has 0 bridgehead atoms. The first kappa shape index (κ1) is 26.2. The van der Waals surface area contributed by atoms with Crippen molar-refractivity contribution >= 4 is 23.5 Å². The van der Waals surface area contributed by atoms with E-state index in [0.29, 0.717) is 29.4 Å². The fraction of sp³-hybridized carbons (Fsp3) is 0.276. The summed E-state index contributed by atoms with van der Waals surface area (Å²) in [6, 6.07) is 14.7. The number of hydrogen-bond acceptors (Lipinski definition) is 5. The smallest absolute Gasteiger partial charge is 0.185 e. The van der Waals surface area contributed by atoms with Crippen molar-refractivity contribution in [1.29, 1.82) is 0 Å². The van der Waals surface area contributed by atoms with E-state index < -0.39 is 0 Å². The van der Waals surface area contributed by atoms with Crippen molar-refractivity contribution < 1.29 is 23.7 Å². The highest BCUT2D eigenvalue weighted by Gasteiger charge is 2.13. The minimum Gasteiger partial charge on any atom is -0.496 e. The van der Waals surface area contributed by atoms with Gasteiger partial charge in [0.15, 0.2) is 17.3 Å². The maximum atomic E-state index is 12.7. The van der Waals surface area contributed by atoms with Crippen LogP contribution in [0, 0.1) is 6.92 Å². The fourth-order valence-electron chi connectivity index (χ4n) is 3.67. The number of methoxy groups -OCH3 is 3. The highest BCUT2D eigenvalue weighted by molar-refractivity contribution is 6.31. The summed E-state index contributed by atoms with van der Waals surface area (Å²) in [6.07, 6.45) is 3.31. The Bertz CT molecular complexity index is 1230. The lowest BCUT2D eigenvalue weighted by atomic mass is 10.0. The average molecular weight is 495 g/mol. The molecule has 0 heterocycles. The van der Waals surface area contributed by atoms with Gasteiger partial charge in [0, 0.05) is 16.1 Å². The lowest BCUT2D eigenvalue weighted by Gasteiger charge is -2.17. The fourth-order valence-corrected chi connectivity index (χ4v) is 3.85. The molecule has 184 valence electrons. The van der Waals surface area contributed by atoms with Crippen LogP contribution in [-0.2, 0) is 6.61 Å². The molecule has 0 N–H and O–H groups in total. The summed E-state index contributed by atoms with van der Waals surface area (Å²) < 4.78 is 22.3. The molecular formula is C29H31ClO5. The molecule has 6 heteroatoms. The molecule has 5 nitrogen and oxygen atoms in total. The monoisotopic (exact) mass is 494 g/mol. The summed E-state index contributed by atoms with van der Waals surface area (Å²) in [4.78, 5) is 12.7. The number of carbonyl (C=O) groups is 1. The molecule has 3 aromatic carbocycles. The molecule has 0 saturated carbocycles. The summed E-state index contributed by atoms with van der Waals surface area (Å²) in [6.45, 7) is 6.49. The van der Waals surface area contributed by atoms with E-state index in [2.05, 4.69) is 13.8 Å². The molecule has 0 unspecified atom stereocenters. The lowest BCUT2D eigenvalue weighted by molar-refractivity contribution is 0.104. The van der Waals surface area contributed by atoms with Gasteiger partial charge in [0.25, 0.3) is 0 Å². The molecule has 0 aliphatic carbocycles. The normalized spacial score (nSPS) is 11.1. The van der Waals surface area contributed by atoms with Gasteiger partial charge in [0.2, 0.25) is 0 Å². The number of carbonyl (C=O) groups excluding carboxylic acids is 1. The van der Waals surface area contributed by atoms with Crippen LogP contribution >= 0.6 is 11.6 Å². The van der Waals surface area contributed by atoms with Crippen LogP contribution in [-0.4, -0.2) is 27.1 Å². The second-order valence-corrected chi connectivity index (χ2v) is 8.83. The molecule has 3 rings (SSSR count). The van der Waals surface area contributed by atoms with E-state index in [1.807, 2.05) is 37.3 Å². The van der Waals surface area contributed by atoms with Gasteiger partial charge in [-0.05, 0) is 78.1 Å². The molecule has 0 spiro atoms. The Labute approximate surface area is 212 Å². The third kappa shape index (κ3) is 6.37. The van der Waals surface area contributed by atoms with Gasteiger partial charge >= 0.3 is 0 Å². The summed E-state index contributed by atoms with van der Waals surface area (Å²) in [7, 11) is 4.72. The van der Waals surface area contributed by atoms with Gasteiger partial charge in [0.1, 0.15) is 18.1 Å². The average Bonchev–Trinajstić information content (AvgIpc) is 2.86. The van der Waals surface area contributed by atoms with E-state index in [1.54, 1.807) is 45.6 Å². The van der Waals surface area contributed by atoms with Crippen LogP contribution in [0.25, 0.3) is 6.08 Å². The molecule has 0 fully saturated rings.